The number of carboxylic acids is 2. The van der Waals surface area contributed by atoms with Crippen molar-refractivity contribution in [1.29, 1.82) is 0 Å². The first-order valence-corrected chi connectivity index (χ1v) is 6.72. The van der Waals surface area contributed by atoms with Crippen LogP contribution < -0.4 is 10.6 Å². The first-order valence-electron chi connectivity index (χ1n) is 6.72. The minimum atomic E-state index is -1.21. The van der Waals surface area contributed by atoms with Crippen LogP contribution in [-0.4, -0.2) is 46.7 Å². The van der Waals surface area contributed by atoms with Crippen LogP contribution in [0.5, 0.6) is 0 Å². The van der Waals surface area contributed by atoms with E-state index in [1.54, 1.807) is 0 Å². The van der Waals surface area contributed by atoms with Crippen LogP contribution in [0.1, 0.15) is 39.5 Å². The van der Waals surface area contributed by atoms with Crippen molar-refractivity contribution in [2.45, 2.75) is 51.6 Å². The number of amides is 1. The molecule has 7 heteroatoms. The Morgan fingerprint density at radius 2 is 2.00 bits per heavy atom. The first kappa shape index (κ1) is 16.4. The molecule has 0 aliphatic carbocycles. The molecule has 114 valence electrons. The minimum absolute atomic E-state index is 0.121. The molecule has 0 saturated carbocycles. The van der Waals surface area contributed by atoms with Crippen molar-refractivity contribution in [2.75, 3.05) is 6.54 Å². The van der Waals surface area contributed by atoms with Crippen molar-refractivity contribution >= 4 is 17.8 Å². The van der Waals surface area contributed by atoms with Crippen molar-refractivity contribution in [3.05, 3.63) is 0 Å². The number of rotatable bonds is 6. The van der Waals surface area contributed by atoms with Gasteiger partial charge in [-0.15, -0.1) is 0 Å². The minimum Gasteiger partial charge on any atom is -0.481 e. The third kappa shape index (κ3) is 4.48. The highest BCUT2D eigenvalue weighted by atomic mass is 16.4. The van der Waals surface area contributed by atoms with Crippen molar-refractivity contribution in [1.82, 2.24) is 10.6 Å². The number of hydrogen-bond donors (Lipinski definition) is 4. The summed E-state index contributed by atoms with van der Waals surface area (Å²) in [5, 5.41) is 23.2. The van der Waals surface area contributed by atoms with Gasteiger partial charge in [0.05, 0.1) is 6.04 Å². The monoisotopic (exact) mass is 286 g/mol. The van der Waals surface area contributed by atoms with Gasteiger partial charge < -0.3 is 20.8 Å². The molecule has 1 aliphatic heterocycles. The molecular formula is C13H22N2O5. The smallest absolute Gasteiger partial charge is 0.326 e. The third-order valence-electron chi connectivity index (χ3n) is 3.65. The molecule has 1 saturated heterocycles. The largest absolute Gasteiger partial charge is 0.481 e. The lowest BCUT2D eigenvalue weighted by Gasteiger charge is -2.38. The molecule has 4 N–H and O–H groups in total. The zero-order valence-electron chi connectivity index (χ0n) is 11.8. The van der Waals surface area contributed by atoms with Crippen LogP contribution in [-0.2, 0) is 14.4 Å². The second-order valence-electron chi connectivity index (χ2n) is 5.81. The molecule has 0 radical (unpaired) electrons. The van der Waals surface area contributed by atoms with Crippen LogP contribution in [0.3, 0.4) is 0 Å². The van der Waals surface area contributed by atoms with Gasteiger partial charge in [-0.3, -0.25) is 9.59 Å². The molecule has 20 heavy (non-hydrogen) atoms. The van der Waals surface area contributed by atoms with Gasteiger partial charge in [0, 0.05) is 6.42 Å². The van der Waals surface area contributed by atoms with Gasteiger partial charge in [-0.2, -0.15) is 0 Å². The van der Waals surface area contributed by atoms with E-state index in [0.717, 1.165) is 12.8 Å². The second kappa shape index (κ2) is 6.69. The van der Waals surface area contributed by atoms with E-state index in [0.29, 0.717) is 6.54 Å². The Bertz CT molecular complexity index is 394. The fourth-order valence-corrected chi connectivity index (χ4v) is 2.44. The average molecular weight is 286 g/mol. The fourth-order valence-electron chi connectivity index (χ4n) is 2.44. The average Bonchev–Trinajstić information content (AvgIpc) is 2.32. The molecule has 1 fully saturated rings. The molecule has 7 nitrogen and oxygen atoms in total. The highest BCUT2D eigenvalue weighted by Gasteiger charge is 2.38. The van der Waals surface area contributed by atoms with Crippen LogP contribution in [0.25, 0.3) is 0 Å². The molecule has 1 amide bonds. The molecule has 0 aromatic carbocycles. The third-order valence-corrected chi connectivity index (χ3v) is 3.65. The summed E-state index contributed by atoms with van der Waals surface area (Å²) in [5.41, 5.74) is -0.252. The summed E-state index contributed by atoms with van der Waals surface area (Å²) in [6, 6.07) is -1.62. The normalized spacial score (nSPS) is 22.8. The number of hydrogen-bond acceptors (Lipinski definition) is 4. The van der Waals surface area contributed by atoms with E-state index in [1.807, 2.05) is 13.8 Å². The number of piperidine rings is 1. The Balaban J connectivity index is 2.65. The summed E-state index contributed by atoms with van der Waals surface area (Å²) < 4.78 is 0. The van der Waals surface area contributed by atoms with Gasteiger partial charge in [0.2, 0.25) is 5.91 Å². The Labute approximate surface area is 117 Å². The van der Waals surface area contributed by atoms with Crippen LogP contribution in [0, 0.1) is 5.41 Å². The molecule has 0 aromatic rings. The molecule has 0 spiro atoms. The highest BCUT2D eigenvalue weighted by Crippen LogP contribution is 2.30. The van der Waals surface area contributed by atoms with Crippen LogP contribution in [0.4, 0.5) is 0 Å². The van der Waals surface area contributed by atoms with Gasteiger partial charge >= 0.3 is 11.9 Å². The number of carboxylic acid groups (broad SMARTS) is 2. The predicted molar refractivity (Wildman–Crippen MR) is 71.2 cm³/mol. The maximum absolute atomic E-state index is 12.2. The van der Waals surface area contributed by atoms with Gasteiger partial charge in [-0.05, 0) is 31.2 Å². The zero-order valence-corrected chi connectivity index (χ0v) is 11.8. The van der Waals surface area contributed by atoms with Crippen molar-refractivity contribution in [2.24, 2.45) is 5.41 Å². The van der Waals surface area contributed by atoms with Gasteiger partial charge in [-0.25, -0.2) is 4.79 Å². The van der Waals surface area contributed by atoms with E-state index in [9.17, 15) is 14.4 Å². The van der Waals surface area contributed by atoms with Crippen LogP contribution in [0.2, 0.25) is 0 Å². The van der Waals surface area contributed by atoms with Crippen molar-refractivity contribution in [3.63, 3.8) is 0 Å². The van der Waals surface area contributed by atoms with Gasteiger partial charge in [0.1, 0.15) is 6.04 Å². The Morgan fingerprint density at radius 1 is 1.35 bits per heavy atom. The molecule has 1 rings (SSSR count). The standard InChI is InChI=1S/C13H22N2O5/c1-13(2)6-3-7-14-10(13)11(18)15-8(12(19)20)4-5-9(16)17/h8,10,14H,3-7H2,1-2H3,(H,15,18)(H,16,17)(H,19,20). The fraction of sp³-hybridized carbons (Fsp3) is 0.769. The lowest BCUT2D eigenvalue weighted by Crippen LogP contribution is -2.58. The predicted octanol–water partition coefficient (Wildman–Crippen LogP) is 0.199. The second-order valence-corrected chi connectivity index (χ2v) is 5.81. The summed E-state index contributed by atoms with van der Waals surface area (Å²) in [6.45, 7) is 4.63. The number of aliphatic carboxylic acids is 2. The maximum Gasteiger partial charge on any atom is 0.326 e. The SMILES string of the molecule is CC1(C)CCCNC1C(=O)NC(CCC(=O)O)C(=O)O. The Hall–Kier alpha value is -1.63. The topological polar surface area (TPSA) is 116 Å². The van der Waals surface area contributed by atoms with Gasteiger partial charge in [0.25, 0.3) is 0 Å². The van der Waals surface area contributed by atoms with Crippen molar-refractivity contribution in [3.8, 4) is 0 Å². The van der Waals surface area contributed by atoms with Crippen molar-refractivity contribution < 1.29 is 24.6 Å². The lowest BCUT2D eigenvalue weighted by molar-refractivity contribution is -0.144. The molecule has 1 aliphatic rings. The van der Waals surface area contributed by atoms with Gasteiger partial charge in [-0.1, -0.05) is 13.8 Å². The van der Waals surface area contributed by atoms with E-state index in [2.05, 4.69) is 10.6 Å². The van der Waals surface area contributed by atoms with E-state index in [1.165, 1.54) is 0 Å². The van der Waals surface area contributed by atoms with Crippen LogP contribution >= 0.6 is 0 Å². The molecular weight excluding hydrogens is 264 g/mol. The number of carbonyl (C=O) groups is 3. The molecule has 1 heterocycles. The quantitative estimate of drug-likeness (QED) is 0.554. The number of carbonyl (C=O) groups excluding carboxylic acids is 1. The molecule has 0 aromatic heterocycles. The van der Waals surface area contributed by atoms with Crippen LogP contribution in [0.15, 0.2) is 0 Å². The Kier molecular flexibility index (Phi) is 5.50. The van der Waals surface area contributed by atoms with E-state index >= 15 is 0 Å². The van der Waals surface area contributed by atoms with E-state index < -0.39 is 24.0 Å². The van der Waals surface area contributed by atoms with E-state index in [-0.39, 0.29) is 24.2 Å². The molecule has 2 atom stereocenters. The highest BCUT2D eigenvalue weighted by molar-refractivity contribution is 5.87. The zero-order chi connectivity index (χ0) is 15.3. The maximum atomic E-state index is 12.2. The first-order chi connectivity index (χ1) is 9.24. The summed E-state index contributed by atoms with van der Waals surface area (Å²) in [4.78, 5) is 33.8. The number of nitrogens with one attached hydrogen (secondary N) is 2. The summed E-state index contributed by atoms with van der Waals surface area (Å²) in [6.07, 6.45) is 1.44. The molecule has 2 unspecified atom stereocenters. The summed E-state index contributed by atoms with van der Waals surface area (Å²) >= 11 is 0. The van der Waals surface area contributed by atoms with Gasteiger partial charge in [0.15, 0.2) is 0 Å². The summed E-state index contributed by atoms with van der Waals surface area (Å²) in [7, 11) is 0. The molecule has 0 bridgehead atoms. The Morgan fingerprint density at radius 3 is 2.50 bits per heavy atom. The van der Waals surface area contributed by atoms with E-state index in [4.69, 9.17) is 10.2 Å². The lowest BCUT2D eigenvalue weighted by atomic mass is 9.77. The summed E-state index contributed by atoms with van der Waals surface area (Å²) in [5.74, 6) is -2.68.